The van der Waals surface area contributed by atoms with Gasteiger partial charge in [-0.05, 0) is 112 Å². The smallest absolute Gasteiger partial charge is 0.275 e. The molecule has 4 rings (SSSR count). The summed E-state index contributed by atoms with van der Waals surface area (Å²) in [5.74, 6) is -2.05. The Labute approximate surface area is 197 Å². The van der Waals surface area contributed by atoms with E-state index in [1.54, 1.807) is 0 Å². The minimum atomic E-state index is -3.08. The van der Waals surface area contributed by atoms with Gasteiger partial charge in [-0.2, -0.15) is 0 Å². The van der Waals surface area contributed by atoms with Crippen molar-refractivity contribution in [1.29, 1.82) is 0 Å². The average Bonchev–Trinajstić information content (AvgIpc) is 3.09. The van der Waals surface area contributed by atoms with Crippen molar-refractivity contribution in [2.45, 2.75) is 116 Å². The van der Waals surface area contributed by atoms with Crippen molar-refractivity contribution in [3.63, 3.8) is 0 Å². The Balaban J connectivity index is 1.49. The van der Waals surface area contributed by atoms with E-state index in [4.69, 9.17) is 9.78 Å². The molecule has 0 unspecified atom stereocenters. The van der Waals surface area contributed by atoms with Crippen LogP contribution in [0.25, 0.3) is 0 Å². The zero-order valence-corrected chi connectivity index (χ0v) is 20.7. The van der Waals surface area contributed by atoms with Crippen LogP contribution in [0.15, 0.2) is 22.8 Å². The van der Waals surface area contributed by atoms with Crippen LogP contribution in [0.1, 0.15) is 91.9 Å². The zero-order valence-electron chi connectivity index (χ0n) is 20.7. The third-order valence-corrected chi connectivity index (χ3v) is 9.34. The van der Waals surface area contributed by atoms with E-state index in [1.807, 2.05) is 0 Å². The lowest BCUT2D eigenvalue weighted by molar-refractivity contribution is -0.310. The van der Waals surface area contributed by atoms with Gasteiger partial charge in [0.15, 0.2) is 0 Å². The molecule has 33 heavy (non-hydrogen) atoms. The average molecular weight is 469 g/mol. The van der Waals surface area contributed by atoms with Gasteiger partial charge in [0.25, 0.3) is 5.92 Å². The molecule has 4 aliphatic rings. The Morgan fingerprint density at radius 1 is 1.21 bits per heavy atom. The van der Waals surface area contributed by atoms with Gasteiger partial charge in [-0.3, -0.25) is 0 Å². The van der Waals surface area contributed by atoms with Gasteiger partial charge >= 0.3 is 0 Å². The molecule has 0 radical (unpaired) electrons. The summed E-state index contributed by atoms with van der Waals surface area (Å²) in [6.45, 7) is 7.38. The highest BCUT2D eigenvalue weighted by atomic mass is 19.3. The fourth-order valence-corrected chi connectivity index (χ4v) is 7.17. The molecule has 6 heteroatoms. The van der Waals surface area contributed by atoms with Crippen LogP contribution in [0.5, 0.6) is 0 Å². The molecule has 4 nitrogen and oxygen atoms in total. The van der Waals surface area contributed by atoms with E-state index in [1.165, 1.54) is 30.6 Å². The first-order chi connectivity index (χ1) is 15.4. The van der Waals surface area contributed by atoms with Crippen molar-refractivity contribution in [3.8, 4) is 0 Å². The molecule has 2 saturated carbocycles. The number of hydrogen-bond donors (Lipinski definition) is 2. The molecular weight excluding hydrogens is 426 g/mol. The second kappa shape index (κ2) is 9.33. The van der Waals surface area contributed by atoms with E-state index in [9.17, 15) is 19.0 Å². The largest absolute Gasteiger partial charge is 0.393 e. The van der Waals surface area contributed by atoms with E-state index < -0.39 is 11.5 Å². The molecule has 0 aromatic carbocycles. The number of aliphatic hydroxyl groups excluding tert-OH is 1. The number of aliphatic hydroxyl groups is 2. The van der Waals surface area contributed by atoms with Gasteiger partial charge in [-0.25, -0.2) is 18.6 Å². The lowest BCUT2D eigenvalue weighted by atomic mass is 9.60. The summed E-state index contributed by atoms with van der Waals surface area (Å²) in [4.78, 5) is 11.1. The predicted molar refractivity (Wildman–Crippen MR) is 124 cm³/mol. The highest BCUT2D eigenvalue weighted by Crippen LogP contribution is 2.60. The molecule has 0 amide bonds. The summed E-state index contributed by atoms with van der Waals surface area (Å²) < 4.78 is 28.8. The fraction of sp³-hybridized carbons (Fsp3) is 0.852. The summed E-state index contributed by atoms with van der Waals surface area (Å²) in [6, 6.07) is 0. The molecule has 0 saturated heterocycles. The fourth-order valence-electron chi connectivity index (χ4n) is 7.17. The predicted octanol–water partition coefficient (Wildman–Crippen LogP) is 6.12. The van der Waals surface area contributed by atoms with Crippen molar-refractivity contribution in [1.82, 2.24) is 0 Å². The van der Waals surface area contributed by atoms with Gasteiger partial charge in [0, 0.05) is 6.42 Å². The van der Waals surface area contributed by atoms with Crippen molar-refractivity contribution < 1.29 is 28.8 Å². The number of halogens is 2. The molecule has 6 atom stereocenters. The van der Waals surface area contributed by atoms with Crippen LogP contribution >= 0.6 is 0 Å². The maximum Gasteiger partial charge on any atom is 0.275 e. The molecule has 0 aromatic heterocycles. The molecule has 188 valence electrons. The third kappa shape index (κ3) is 4.96. The van der Waals surface area contributed by atoms with Gasteiger partial charge in [0.1, 0.15) is 18.3 Å². The van der Waals surface area contributed by atoms with Crippen LogP contribution in [-0.4, -0.2) is 40.6 Å². The second-order valence-electron chi connectivity index (χ2n) is 11.9. The summed E-state index contributed by atoms with van der Waals surface area (Å²) in [5, 5.41) is 20.0. The number of hydrogen-bond acceptors (Lipinski definition) is 4. The van der Waals surface area contributed by atoms with Crippen molar-refractivity contribution in [2.75, 3.05) is 6.61 Å². The van der Waals surface area contributed by atoms with E-state index in [-0.39, 0.29) is 30.0 Å². The first-order valence-corrected chi connectivity index (χ1v) is 12.9. The minimum absolute atomic E-state index is 0.104. The number of fused-ring (bicyclic) bond motifs is 1. The molecule has 0 bridgehead atoms. The number of alkyl halides is 2. The lowest BCUT2D eigenvalue weighted by Gasteiger charge is -2.45. The number of rotatable bonds is 6. The van der Waals surface area contributed by atoms with Crippen LogP contribution < -0.4 is 0 Å². The molecule has 1 heterocycles. The molecule has 0 spiro atoms. The topological polar surface area (TPSA) is 58.9 Å². The SMILES string of the molecule is C[C@H](CCC(F)(F)C(C)(C)O)[C@H]1CC[C@H]2/C(=C/[C@@H]3OOCC4=C3C[C@@H](O)CC4)CCC[C@]12C. The van der Waals surface area contributed by atoms with Crippen LogP contribution in [0.3, 0.4) is 0 Å². The lowest BCUT2D eigenvalue weighted by Crippen LogP contribution is -2.43. The third-order valence-electron chi connectivity index (χ3n) is 9.34. The molecular formula is C27H42F2O4. The zero-order chi connectivity index (χ0) is 24.0. The van der Waals surface area contributed by atoms with Crippen LogP contribution in [-0.2, 0) is 9.78 Å². The standard InChI is InChI=1S/C27H42F2O4/c1-17(11-13-27(28,29)25(2,3)31)22-9-10-23-18(6-5-12-26(22,23)4)14-24-21-15-20(30)8-7-19(21)16-32-33-24/h14,17,20,22-24,30-31H,5-13,15-16H2,1-4H3/b18-14+/t17-,20+,22-,23+,24+,26-/m1/s1. The Morgan fingerprint density at radius 2 is 1.97 bits per heavy atom. The van der Waals surface area contributed by atoms with Crippen LogP contribution in [0.2, 0.25) is 0 Å². The van der Waals surface area contributed by atoms with Gasteiger partial charge in [-0.15, -0.1) is 0 Å². The Kier molecular flexibility index (Phi) is 7.14. The first-order valence-electron chi connectivity index (χ1n) is 12.9. The highest BCUT2D eigenvalue weighted by Gasteiger charge is 2.52. The Bertz CT molecular complexity index is 783. The maximum absolute atomic E-state index is 14.4. The maximum atomic E-state index is 14.4. The summed E-state index contributed by atoms with van der Waals surface area (Å²) in [6.07, 6.45) is 9.62. The molecule has 3 aliphatic carbocycles. The normalized spacial score (nSPS) is 37.8. The van der Waals surface area contributed by atoms with Gasteiger partial charge < -0.3 is 10.2 Å². The molecule has 1 aliphatic heterocycles. The van der Waals surface area contributed by atoms with Crippen molar-refractivity contribution in [2.24, 2.45) is 23.2 Å². The van der Waals surface area contributed by atoms with Crippen LogP contribution in [0.4, 0.5) is 8.78 Å². The minimum Gasteiger partial charge on any atom is -0.393 e. The Morgan fingerprint density at radius 3 is 2.70 bits per heavy atom. The molecule has 0 aromatic rings. The summed E-state index contributed by atoms with van der Waals surface area (Å²) in [5.41, 5.74) is 2.00. The summed E-state index contributed by atoms with van der Waals surface area (Å²) >= 11 is 0. The van der Waals surface area contributed by atoms with Gasteiger partial charge in [0.2, 0.25) is 0 Å². The van der Waals surface area contributed by atoms with E-state index in [2.05, 4.69) is 19.9 Å². The van der Waals surface area contributed by atoms with Crippen molar-refractivity contribution in [3.05, 3.63) is 22.8 Å². The van der Waals surface area contributed by atoms with Gasteiger partial charge in [-0.1, -0.05) is 19.4 Å². The number of allylic oxidation sites excluding steroid dienone is 1. The van der Waals surface area contributed by atoms with E-state index in [0.717, 1.165) is 44.9 Å². The van der Waals surface area contributed by atoms with E-state index in [0.29, 0.717) is 31.3 Å². The molecule has 2 fully saturated rings. The van der Waals surface area contributed by atoms with E-state index >= 15 is 0 Å². The van der Waals surface area contributed by atoms with Crippen molar-refractivity contribution >= 4 is 0 Å². The quantitative estimate of drug-likeness (QED) is 0.364. The second-order valence-corrected chi connectivity index (χ2v) is 11.9. The Hall–Kier alpha value is -0.820. The first kappa shape index (κ1) is 25.3. The highest BCUT2D eigenvalue weighted by molar-refractivity contribution is 5.31. The summed E-state index contributed by atoms with van der Waals surface area (Å²) in [7, 11) is 0. The molecule has 2 N–H and O–H groups in total. The monoisotopic (exact) mass is 468 g/mol. The van der Waals surface area contributed by atoms with Crippen LogP contribution in [0, 0.1) is 23.2 Å². The van der Waals surface area contributed by atoms with Gasteiger partial charge in [0.05, 0.1) is 6.10 Å².